The van der Waals surface area contributed by atoms with E-state index in [-0.39, 0.29) is 11.2 Å². The Bertz CT molecular complexity index is 757. The summed E-state index contributed by atoms with van der Waals surface area (Å²) < 4.78 is 4.35. The summed E-state index contributed by atoms with van der Waals surface area (Å²) in [5, 5.41) is 0.791. The molecule has 0 aliphatic carbocycles. The number of rotatable bonds is 6. The number of unbranched alkanes of at least 4 members (excludes halogenated alkanes) is 3. The van der Waals surface area contributed by atoms with Gasteiger partial charge in [-0.1, -0.05) is 37.9 Å². The quantitative estimate of drug-likeness (QED) is 0.601. The molecule has 0 radical (unpaired) electrons. The van der Waals surface area contributed by atoms with Crippen molar-refractivity contribution in [3.8, 4) is 0 Å². The van der Waals surface area contributed by atoms with Gasteiger partial charge in [-0.25, -0.2) is 9.78 Å². The smallest absolute Gasteiger partial charge is 0.316 e. The van der Waals surface area contributed by atoms with Crippen molar-refractivity contribution in [3.05, 3.63) is 20.8 Å². The number of hydrogen-bond acceptors (Lipinski definition) is 4. The lowest BCUT2D eigenvalue weighted by atomic mass is 10.2. The topological polar surface area (TPSA) is 61.8 Å². The number of hydrogen-bond donors (Lipinski definition) is 0. The van der Waals surface area contributed by atoms with Crippen LogP contribution in [0.4, 0.5) is 0 Å². The predicted octanol–water partition coefficient (Wildman–Crippen LogP) is 1.64. The van der Waals surface area contributed by atoms with Crippen LogP contribution in [0.2, 0.25) is 0 Å². The molecule has 6 nitrogen and oxygen atoms in total. The third kappa shape index (κ3) is 2.92. The molecule has 2 rings (SSSR count). The molecular weight excluding hydrogens is 288 g/mol. The molecule has 2 heterocycles. The Balaban J connectivity index is 2.34. The maximum absolute atomic E-state index is 12.2. The molecule has 0 aliphatic rings. The normalized spacial score (nSPS) is 11.4. The van der Waals surface area contributed by atoms with Gasteiger partial charge < -0.3 is 4.57 Å². The Hall–Kier alpha value is -1.50. The minimum atomic E-state index is -0.343. The zero-order valence-electron chi connectivity index (χ0n) is 13.0. The van der Waals surface area contributed by atoms with E-state index in [1.165, 1.54) is 30.9 Å². The van der Waals surface area contributed by atoms with Gasteiger partial charge >= 0.3 is 5.69 Å². The summed E-state index contributed by atoms with van der Waals surface area (Å²) in [6, 6.07) is 0. The molecule has 0 saturated heterocycles. The van der Waals surface area contributed by atoms with Crippen LogP contribution in [0.15, 0.2) is 14.7 Å². The molecule has 0 atom stereocenters. The molecule has 7 heteroatoms. The Morgan fingerprint density at radius 3 is 2.38 bits per heavy atom. The Kier molecular flexibility index (Phi) is 4.92. The second kappa shape index (κ2) is 6.51. The Labute approximate surface area is 127 Å². The fourth-order valence-corrected chi connectivity index (χ4v) is 3.29. The van der Waals surface area contributed by atoms with Crippen LogP contribution in [-0.2, 0) is 21.1 Å². The van der Waals surface area contributed by atoms with E-state index in [2.05, 4.69) is 11.9 Å². The van der Waals surface area contributed by atoms with Gasteiger partial charge in [0.2, 0.25) is 0 Å². The first-order valence-corrected chi connectivity index (χ1v) is 8.22. The highest BCUT2D eigenvalue weighted by molar-refractivity contribution is 7.99. The molecule has 0 spiro atoms. The van der Waals surface area contributed by atoms with Crippen molar-refractivity contribution < 1.29 is 0 Å². The average molecular weight is 310 g/mol. The van der Waals surface area contributed by atoms with E-state index in [4.69, 9.17) is 0 Å². The number of imidazole rings is 1. The van der Waals surface area contributed by atoms with Crippen LogP contribution in [0.1, 0.15) is 32.6 Å². The van der Waals surface area contributed by atoms with Gasteiger partial charge in [0.1, 0.15) is 0 Å². The number of aryl methyl sites for hydroxylation is 2. The van der Waals surface area contributed by atoms with Crippen molar-refractivity contribution in [2.75, 3.05) is 5.75 Å². The van der Waals surface area contributed by atoms with E-state index in [0.717, 1.165) is 21.9 Å². The van der Waals surface area contributed by atoms with Crippen molar-refractivity contribution in [1.82, 2.24) is 18.7 Å². The second-order valence-electron chi connectivity index (χ2n) is 5.24. The SMILES string of the molecule is CCCCCCSc1nc2c(c(=O)n(C)c(=O)n2C)n1C. The number of thioether (sulfide) groups is 1. The molecule has 21 heavy (non-hydrogen) atoms. The summed E-state index contributed by atoms with van der Waals surface area (Å²) >= 11 is 1.64. The molecule has 2 aromatic rings. The highest BCUT2D eigenvalue weighted by Gasteiger charge is 2.16. The highest BCUT2D eigenvalue weighted by Crippen LogP contribution is 2.21. The molecular formula is C14H22N4O2S. The fraction of sp³-hybridized carbons (Fsp3) is 0.643. The van der Waals surface area contributed by atoms with Gasteiger partial charge in [-0.05, 0) is 6.42 Å². The summed E-state index contributed by atoms with van der Waals surface area (Å²) in [4.78, 5) is 28.6. The van der Waals surface area contributed by atoms with Gasteiger partial charge in [0, 0.05) is 26.9 Å². The number of nitrogens with zero attached hydrogens (tertiary/aromatic N) is 4. The third-order valence-corrected chi connectivity index (χ3v) is 4.78. The van der Waals surface area contributed by atoms with Crippen molar-refractivity contribution in [1.29, 1.82) is 0 Å². The largest absolute Gasteiger partial charge is 0.332 e. The molecule has 0 bridgehead atoms. The van der Waals surface area contributed by atoms with Crippen LogP contribution in [0.5, 0.6) is 0 Å². The summed E-state index contributed by atoms with van der Waals surface area (Å²) in [6.07, 6.45) is 4.82. The zero-order valence-corrected chi connectivity index (χ0v) is 13.9. The van der Waals surface area contributed by atoms with E-state index in [1.54, 1.807) is 23.4 Å². The van der Waals surface area contributed by atoms with Gasteiger partial charge in [-0.15, -0.1) is 0 Å². The van der Waals surface area contributed by atoms with E-state index in [0.29, 0.717) is 11.2 Å². The summed E-state index contributed by atoms with van der Waals surface area (Å²) in [6.45, 7) is 2.19. The lowest BCUT2D eigenvalue weighted by Crippen LogP contribution is -2.37. The molecule has 0 saturated carbocycles. The van der Waals surface area contributed by atoms with Crippen LogP contribution in [-0.4, -0.2) is 24.4 Å². The lowest BCUT2D eigenvalue weighted by Gasteiger charge is -2.03. The standard InChI is InChI=1S/C14H22N4O2S/c1-5-6-7-8-9-21-13-15-11-10(16(13)2)12(19)18(4)14(20)17(11)3/h5-9H2,1-4H3. The summed E-state index contributed by atoms with van der Waals surface area (Å²) in [5.41, 5.74) is 0.309. The van der Waals surface area contributed by atoms with Crippen LogP contribution in [0.25, 0.3) is 11.2 Å². The van der Waals surface area contributed by atoms with Crippen molar-refractivity contribution >= 4 is 22.9 Å². The fourth-order valence-electron chi connectivity index (χ4n) is 2.32. The summed E-state index contributed by atoms with van der Waals surface area (Å²) in [7, 11) is 4.97. The van der Waals surface area contributed by atoms with E-state index in [1.807, 2.05) is 7.05 Å². The van der Waals surface area contributed by atoms with Gasteiger partial charge in [0.25, 0.3) is 5.56 Å². The average Bonchev–Trinajstić information content (AvgIpc) is 2.80. The third-order valence-electron chi connectivity index (χ3n) is 3.66. The molecule has 0 fully saturated rings. The zero-order chi connectivity index (χ0) is 15.6. The Morgan fingerprint density at radius 2 is 1.71 bits per heavy atom. The maximum atomic E-state index is 12.2. The maximum Gasteiger partial charge on any atom is 0.332 e. The first kappa shape index (κ1) is 15.9. The molecule has 0 unspecified atom stereocenters. The van der Waals surface area contributed by atoms with Gasteiger partial charge in [-0.2, -0.15) is 0 Å². The van der Waals surface area contributed by atoms with Crippen LogP contribution >= 0.6 is 11.8 Å². The highest BCUT2D eigenvalue weighted by atomic mass is 32.2. The lowest BCUT2D eigenvalue weighted by molar-refractivity contribution is 0.704. The monoisotopic (exact) mass is 310 g/mol. The predicted molar refractivity (Wildman–Crippen MR) is 86.1 cm³/mol. The van der Waals surface area contributed by atoms with Gasteiger partial charge in [0.05, 0.1) is 0 Å². The molecule has 0 aliphatic heterocycles. The molecule has 116 valence electrons. The van der Waals surface area contributed by atoms with Crippen molar-refractivity contribution in [2.24, 2.45) is 21.1 Å². The molecule has 2 aromatic heterocycles. The number of aromatic nitrogens is 4. The molecule has 0 N–H and O–H groups in total. The van der Waals surface area contributed by atoms with Gasteiger partial charge in [-0.3, -0.25) is 13.9 Å². The molecule has 0 aromatic carbocycles. The van der Waals surface area contributed by atoms with Crippen LogP contribution in [0.3, 0.4) is 0 Å². The molecule has 0 amide bonds. The first-order chi connectivity index (χ1) is 9.99. The van der Waals surface area contributed by atoms with Crippen molar-refractivity contribution in [2.45, 2.75) is 37.8 Å². The number of fused-ring (bicyclic) bond motifs is 1. The second-order valence-corrected chi connectivity index (χ2v) is 6.30. The van der Waals surface area contributed by atoms with E-state index < -0.39 is 0 Å². The van der Waals surface area contributed by atoms with E-state index >= 15 is 0 Å². The van der Waals surface area contributed by atoms with E-state index in [9.17, 15) is 9.59 Å². The van der Waals surface area contributed by atoms with Crippen LogP contribution in [0, 0.1) is 0 Å². The minimum Gasteiger partial charge on any atom is -0.316 e. The first-order valence-electron chi connectivity index (χ1n) is 7.24. The van der Waals surface area contributed by atoms with Crippen molar-refractivity contribution in [3.63, 3.8) is 0 Å². The van der Waals surface area contributed by atoms with Gasteiger partial charge in [0.15, 0.2) is 16.3 Å². The summed E-state index contributed by atoms with van der Waals surface area (Å²) in [5.74, 6) is 0.978. The Morgan fingerprint density at radius 1 is 1.00 bits per heavy atom. The minimum absolute atomic E-state index is 0.291. The van der Waals surface area contributed by atoms with Crippen LogP contribution < -0.4 is 11.2 Å².